The van der Waals surface area contributed by atoms with Gasteiger partial charge in [-0.2, -0.15) is 0 Å². The molecule has 19 heavy (non-hydrogen) atoms. The van der Waals surface area contributed by atoms with Gasteiger partial charge in [-0.3, -0.25) is 0 Å². The lowest BCUT2D eigenvalue weighted by Gasteiger charge is -2.19. The molecule has 102 valence electrons. The molecule has 1 saturated heterocycles. The molecule has 4 rings (SSSR count). The Kier molecular flexibility index (Phi) is 2.44. The maximum Gasteiger partial charge on any atom is 0.111 e. The second kappa shape index (κ2) is 3.56. The molecule has 2 bridgehead atoms. The average Bonchev–Trinajstić information content (AvgIpc) is 2.67. The molecule has 1 spiro atoms. The van der Waals surface area contributed by atoms with Crippen LogP contribution in [0.15, 0.2) is 0 Å². The van der Waals surface area contributed by atoms with Crippen molar-refractivity contribution in [2.45, 2.75) is 49.7 Å². The molecule has 0 aromatic heterocycles. The molecule has 1 heterocycles. The molecule has 2 aliphatic carbocycles. The molecule has 0 amide bonds. The minimum Gasteiger partial charge on any atom is -0.362 e. The average molecular weight is 338 g/mol. The van der Waals surface area contributed by atoms with Crippen LogP contribution in [0.25, 0.3) is 0 Å². The van der Waals surface area contributed by atoms with Crippen molar-refractivity contribution < 1.29 is 4.74 Å². The van der Waals surface area contributed by atoms with Crippen LogP contribution >= 0.6 is 46.4 Å². The lowest BCUT2D eigenvalue weighted by atomic mass is 9.84. The molecule has 1 saturated carbocycles. The van der Waals surface area contributed by atoms with Crippen LogP contribution in [-0.4, -0.2) is 11.2 Å². The molecule has 1 aromatic rings. The van der Waals surface area contributed by atoms with Crippen molar-refractivity contribution >= 4 is 46.4 Å². The first-order valence-corrected chi connectivity index (χ1v) is 7.90. The van der Waals surface area contributed by atoms with Crippen molar-refractivity contribution in [2.75, 3.05) is 0 Å². The van der Waals surface area contributed by atoms with Gasteiger partial charge in [0.2, 0.25) is 0 Å². The molecule has 0 N–H and O–H groups in total. The molecular formula is C14H12Cl4O. The van der Waals surface area contributed by atoms with E-state index in [1.807, 2.05) is 0 Å². The van der Waals surface area contributed by atoms with Crippen molar-refractivity contribution in [1.29, 1.82) is 0 Å². The van der Waals surface area contributed by atoms with Gasteiger partial charge < -0.3 is 4.74 Å². The zero-order valence-corrected chi connectivity index (χ0v) is 13.5. The molecular weight excluding hydrogens is 326 g/mol. The summed E-state index contributed by atoms with van der Waals surface area (Å²) in [4.78, 5) is 0. The number of halogens is 4. The van der Waals surface area contributed by atoms with Gasteiger partial charge in [0.1, 0.15) is 5.60 Å². The van der Waals surface area contributed by atoms with Gasteiger partial charge in [-0.05, 0) is 37.8 Å². The fourth-order valence-electron chi connectivity index (χ4n) is 4.45. The first-order valence-electron chi connectivity index (χ1n) is 6.39. The van der Waals surface area contributed by atoms with E-state index in [0.717, 1.165) is 24.0 Å². The monoisotopic (exact) mass is 336 g/mol. The maximum absolute atomic E-state index is 6.43. The van der Waals surface area contributed by atoms with Crippen LogP contribution in [-0.2, 0) is 4.74 Å². The summed E-state index contributed by atoms with van der Waals surface area (Å²) in [7, 11) is 0. The quantitative estimate of drug-likeness (QED) is 0.330. The highest BCUT2D eigenvalue weighted by Gasteiger charge is 2.77. The van der Waals surface area contributed by atoms with Crippen molar-refractivity contribution in [1.82, 2.24) is 0 Å². The first kappa shape index (κ1) is 13.0. The van der Waals surface area contributed by atoms with Crippen molar-refractivity contribution in [3.05, 3.63) is 31.2 Å². The van der Waals surface area contributed by atoms with Gasteiger partial charge in [0.15, 0.2) is 0 Å². The standard InChI is InChI=1S/C14H12Cl4O/c1-13(2)14(19-13)5-3-4-6(14)8-7(5)9(15)11(17)12(18)10(8)16/h5-6H,3-4H2,1-2H3/t5-,6-/m0/s1. The smallest absolute Gasteiger partial charge is 0.111 e. The van der Waals surface area contributed by atoms with Crippen molar-refractivity contribution in [3.63, 3.8) is 0 Å². The van der Waals surface area contributed by atoms with E-state index in [9.17, 15) is 0 Å². The number of hydrogen-bond donors (Lipinski definition) is 0. The van der Waals surface area contributed by atoms with E-state index in [4.69, 9.17) is 51.1 Å². The van der Waals surface area contributed by atoms with Gasteiger partial charge in [0.05, 0.1) is 25.7 Å². The van der Waals surface area contributed by atoms with Crippen LogP contribution in [0.3, 0.4) is 0 Å². The summed E-state index contributed by atoms with van der Waals surface area (Å²) in [5.74, 6) is 0.588. The van der Waals surface area contributed by atoms with E-state index in [1.54, 1.807) is 0 Å². The second-order valence-corrected chi connectivity index (χ2v) is 7.68. The molecule has 0 unspecified atom stereocenters. The lowest BCUT2D eigenvalue weighted by Crippen LogP contribution is -2.23. The molecule has 2 atom stereocenters. The summed E-state index contributed by atoms with van der Waals surface area (Å²) in [5, 5.41) is 1.86. The third-order valence-electron chi connectivity index (χ3n) is 5.14. The van der Waals surface area contributed by atoms with Crippen LogP contribution in [0.5, 0.6) is 0 Å². The molecule has 1 aromatic carbocycles. The third kappa shape index (κ3) is 1.26. The Hall–Kier alpha value is 0.340. The van der Waals surface area contributed by atoms with E-state index in [0.29, 0.717) is 31.9 Å². The van der Waals surface area contributed by atoms with Gasteiger partial charge in [0, 0.05) is 11.8 Å². The van der Waals surface area contributed by atoms with E-state index >= 15 is 0 Å². The predicted octanol–water partition coefficient (Wildman–Crippen LogP) is 5.82. The number of epoxide rings is 1. The number of fused-ring (bicyclic) bond motifs is 3. The topological polar surface area (TPSA) is 12.5 Å². The molecule has 5 heteroatoms. The van der Waals surface area contributed by atoms with E-state index in [-0.39, 0.29) is 11.2 Å². The molecule has 2 fully saturated rings. The summed E-state index contributed by atoms with van der Waals surface area (Å²) >= 11 is 25.3. The van der Waals surface area contributed by atoms with Gasteiger partial charge in [-0.1, -0.05) is 46.4 Å². The highest BCUT2D eigenvalue weighted by Crippen LogP contribution is 2.76. The molecule has 0 radical (unpaired) electrons. The third-order valence-corrected chi connectivity index (χ3v) is 6.97. The Balaban J connectivity index is 2.02. The van der Waals surface area contributed by atoms with E-state index in [1.165, 1.54) is 0 Å². The highest BCUT2D eigenvalue weighted by molar-refractivity contribution is 6.52. The van der Waals surface area contributed by atoms with Crippen LogP contribution in [0.1, 0.15) is 49.7 Å². The highest BCUT2D eigenvalue weighted by atomic mass is 35.5. The van der Waals surface area contributed by atoms with Crippen LogP contribution in [0, 0.1) is 0 Å². The Bertz CT molecular complexity index is 580. The fourth-order valence-corrected chi connectivity index (χ4v) is 5.59. The van der Waals surface area contributed by atoms with E-state index < -0.39 is 0 Å². The Morgan fingerprint density at radius 2 is 1.21 bits per heavy atom. The first-order chi connectivity index (χ1) is 8.83. The molecule has 1 aliphatic heterocycles. The zero-order chi connectivity index (χ0) is 13.7. The Labute approximate surface area is 132 Å². The van der Waals surface area contributed by atoms with Crippen LogP contribution < -0.4 is 0 Å². The van der Waals surface area contributed by atoms with E-state index in [2.05, 4.69) is 13.8 Å². The lowest BCUT2D eigenvalue weighted by molar-refractivity contribution is 0.260. The van der Waals surface area contributed by atoms with Gasteiger partial charge in [0.25, 0.3) is 0 Å². The fraction of sp³-hybridized carbons (Fsp3) is 0.571. The van der Waals surface area contributed by atoms with Crippen LogP contribution in [0.4, 0.5) is 0 Å². The number of hydrogen-bond acceptors (Lipinski definition) is 1. The maximum atomic E-state index is 6.43. The normalized spacial score (nSPS) is 36.9. The molecule has 3 aliphatic rings. The minimum absolute atomic E-state index is 0.122. The number of ether oxygens (including phenoxy) is 1. The summed E-state index contributed by atoms with van der Waals surface area (Å²) in [6.45, 7) is 4.27. The number of rotatable bonds is 0. The Morgan fingerprint density at radius 3 is 1.53 bits per heavy atom. The summed E-state index contributed by atoms with van der Waals surface area (Å²) in [6.07, 6.45) is 2.16. The van der Waals surface area contributed by atoms with Gasteiger partial charge in [-0.15, -0.1) is 0 Å². The largest absolute Gasteiger partial charge is 0.362 e. The summed E-state index contributed by atoms with van der Waals surface area (Å²) in [6, 6.07) is 0. The Morgan fingerprint density at radius 1 is 0.842 bits per heavy atom. The van der Waals surface area contributed by atoms with Crippen LogP contribution in [0.2, 0.25) is 20.1 Å². The SMILES string of the molecule is CC1(C)OC12[C@H]1CC[C@H]2c2c(Cl)c(Cl)c(Cl)c(Cl)c21. The van der Waals surface area contributed by atoms with Gasteiger partial charge >= 0.3 is 0 Å². The van der Waals surface area contributed by atoms with Gasteiger partial charge in [-0.25, -0.2) is 0 Å². The number of benzene rings is 1. The predicted molar refractivity (Wildman–Crippen MR) is 79.1 cm³/mol. The second-order valence-electron chi connectivity index (χ2n) is 6.17. The zero-order valence-electron chi connectivity index (χ0n) is 10.5. The van der Waals surface area contributed by atoms with Crippen molar-refractivity contribution in [2.24, 2.45) is 0 Å². The molecule has 1 nitrogen and oxygen atoms in total. The van der Waals surface area contributed by atoms with Crippen molar-refractivity contribution in [3.8, 4) is 0 Å². The minimum atomic E-state index is -0.142. The summed E-state index contributed by atoms with van der Waals surface area (Å²) < 4.78 is 6.11. The summed E-state index contributed by atoms with van der Waals surface area (Å²) in [5.41, 5.74) is 1.88.